The second kappa shape index (κ2) is 13.7. The smallest absolute Gasteiger partial charge is 0.409 e. The zero-order valence-corrected chi connectivity index (χ0v) is 23.7. The lowest BCUT2D eigenvalue weighted by Crippen LogP contribution is -2.37. The number of halogens is 1. The maximum atomic E-state index is 12.0. The maximum Gasteiger partial charge on any atom is 0.409 e. The van der Waals surface area contributed by atoms with Crippen molar-refractivity contribution in [2.45, 2.75) is 51.7 Å². The number of nitrogens with one attached hydrogen (secondary N) is 1. The fourth-order valence-corrected chi connectivity index (χ4v) is 5.35. The summed E-state index contributed by atoms with van der Waals surface area (Å²) in [5.41, 5.74) is 8.42. The van der Waals surface area contributed by atoms with Gasteiger partial charge in [-0.05, 0) is 87.0 Å². The number of aryl methyl sites for hydroxylation is 2. The molecule has 2 aromatic carbocycles. The van der Waals surface area contributed by atoms with Crippen LogP contribution in [0.1, 0.15) is 60.7 Å². The number of aromatic nitrogens is 1. The third-order valence-electron chi connectivity index (χ3n) is 7.44. The molecule has 2 atom stereocenters. The lowest BCUT2D eigenvalue weighted by Gasteiger charge is -2.29. The molecule has 5 rings (SSSR count). The van der Waals surface area contributed by atoms with Crippen LogP contribution in [0.2, 0.25) is 5.02 Å². The Labute approximate surface area is 236 Å². The second-order valence-corrected chi connectivity index (χ2v) is 10.3. The minimum atomic E-state index is -0.420. The highest BCUT2D eigenvalue weighted by atomic mass is 35.5. The quantitative estimate of drug-likeness (QED) is 0.406. The van der Waals surface area contributed by atoms with Crippen LogP contribution in [0.25, 0.3) is 5.57 Å². The molecule has 206 valence electrons. The molecule has 1 amide bonds. The standard InChI is InChI=1S/C22H23ClN2O2.C10H15NO/c1-2-27-22(26)25-12-9-15(10-13-25)20-19-8-7-18(23)14-17(19)6-5-16-4-3-11-24-21(16)20;1-8(11-2)10(12)9-6-4-3-5-7-9/h3-4,7-8,11,14H,2,5-6,9-10,12-13H2,1H3;3-8,10-12H,1-2H3. The Morgan fingerprint density at radius 2 is 1.77 bits per heavy atom. The molecule has 0 saturated carbocycles. The van der Waals surface area contributed by atoms with Crippen LogP contribution in [0.5, 0.6) is 0 Å². The van der Waals surface area contributed by atoms with E-state index in [0.717, 1.165) is 42.0 Å². The Morgan fingerprint density at radius 3 is 2.46 bits per heavy atom. The Bertz CT molecular complexity index is 1280. The number of aliphatic hydroxyl groups is 1. The number of ether oxygens (including phenoxy) is 1. The van der Waals surface area contributed by atoms with Crippen LogP contribution in [0.15, 0.2) is 72.4 Å². The van der Waals surface area contributed by atoms with Crippen molar-refractivity contribution in [2.24, 2.45) is 0 Å². The summed E-state index contributed by atoms with van der Waals surface area (Å²) < 4.78 is 5.15. The number of hydrogen-bond acceptors (Lipinski definition) is 5. The van der Waals surface area contributed by atoms with E-state index in [2.05, 4.69) is 23.5 Å². The van der Waals surface area contributed by atoms with E-state index in [4.69, 9.17) is 21.3 Å². The van der Waals surface area contributed by atoms with Gasteiger partial charge in [0.15, 0.2) is 0 Å². The van der Waals surface area contributed by atoms with Gasteiger partial charge in [0.1, 0.15) is 0 Å². The Balaban J connectivity index is 0.000000247. The number of carbonyl (C=O) groups is 1. The maximum absolute atomic E-state index is 12.0. The summed E-state index contributed by atoms with van der Waals surface area (Å²) in [4.78, 5) is 18.6. The van der Waals surface area contributed by atoms with Crippen molar-refractivity contribution in [3.8, 4) is 0 Å². The molecule has 0 bridgehead atoms. The van der Waals surface area contributed by atoms with Crippen molar-refractivity contribution >= 4 is 23.3 Å². The first kappa shape index (κ1) is 28.8. The van der Waals surface area contributed by atoms with Gasteiger partial charge in [-0.15, -0.1) is 0 Å². The van der Waals surface area contributed by atoms with Gasteiger partial charge < -0.3 is 20.1 Å². The number of carbonyl (C=O) groups excluding carboxylic acids is 1. The van der Waals surface area contributed by atoms with Crippen LogP contribution in [-0.4, -0.2) is 53.9 Å². The summed E-state index contributed by atoms with van der Waals surface area (Å²) in [6.45, 7) is 5.57. The molecule has 0 radical (unpaired) electrons. The van der Waals surface area contributed by atoms with Crippen molar-refractivity contribution in [3.05, 3.63) is 105 Å². The first-order valence-electron chi connectivity index (χ1n) is 13.7. The van der Waals surface area contributed by atoms with Gasteiger partial charge in [0.25, 0.3) is 0 Å². The number of nitrogens with zero attached hydrogens (tertiary/aromatic N) is 2. The molecule has 6 nitrogen and oxygen atoms in total. The van der Waals surface area contributed by atoms with Gasteiger partial charge in [0, 0.05) is 35.9 Å². The van der Waals surface area contributed by atoms with Crippen LogP contribution in [0, 0.1) is 0 Å². The van der Waals surface area contributed by atoms with E-state index in [1.54, 1.807) is 4.90 Å². The number of fused-ring (bicyclic) bond motifs is 2. The van der Waals surface area contributed by atoms with Gasteiger partial charge >= 0.3 is 6.09 Å². The summed E-state index contributed by atoms with van der Waals surface area (Å²) >= 11 is 6.27. The Kier molecular flexibility index (Phi) is 10.2. The molecule has 2 aliphatic rings. The number of aliphatic hydroxyl groups excluding tert-OH is 1. The molecular formula is C32H38ClN3O3. The molecule has 1 aliphatic heterocycles. The summed E-state index contributed by atoms with van der Waals surface area (Å²) in [7, 11) is 1.84. The molecule has 1 fully saturated rings. The van der Waals surface area contributed by atoms with Crippen molar-refractivity contribution in [1.29, 1.82) is 0 Å². The summed E-state index contributed by atoms with van der Waals surface area (Å²) in [5, 5.41) is 13.5. The van der Waals surface area contributed by atoms with Gasteiger partial charge in [-0.3, -0.25) is 4.98 Å². The van der Waals surface area contributed by atoms with E-state index in [1.807, 2.05) is 69.6 Å². The molecule has 2 unspecified atom stereocenters. The van der Waals surface area contributed by atoms with Crippen LogP contribution >= 0.6 is 11.6 Å². The summed E-state index contributed by atoms with van der Waals surface area (Å²) in [6.07, 6.45) is 4.83. The van der Waals surface area contributed by atoms with Crippen molar-refractivity contribution in [1.82, 2.24) is 15.2 Å². The minimum absolute atomic E-state index is 0.0902. The third-order valence-corrected chi connectivity index (χ3v) is 7.68. The van der Waals surface area contributed by atoms with Crippen LogP contribution in [0.3, 0.4) is 0 Å². The van der Waals surface area contributed by atoms with Gasteiger partial charge in [-0.1, -0.05) is 59.6 Å². The fourth-order valence-electron chi connectivity index (χ4n) is 5.15. The van der Waals surface area contributed by atoms with E-state index in [1.165, 1.54) is 27.8 Å². The van der Waals surface area contributed by atoms with E-state index in [0.29, 0.717) is 19.7 Å². The van der Waals surface area contributed by atoms with Crippen LogP contribution in [0.4, 0.5) is 4.79 Å². The number of hydrogen-bond donors (Lipinski definition) is 2. The Morgan fingerprint density at radius 1 is 1.05 bits per heavy atom. The molecule has 1 aromatic heterocycles. The first-order valence-corrected chi connectivity index (χ1v) is 14.1. The second-order valence-electron chi connectivity index (χ2n) is 9.91. The first-order chi connectivity index (χ1) is 18.9. The third kappa shape index (κ3) is 7.07. The van der Waals surface area contributed by atoms with Gasteiger partial charge in [-0.2, -0.15) is 0 Å². The zero-order valence-electron chi connectivity index (χ0n) is 23.0. The molecular weight excluding hydrogens is 510 g/mol. The summed E-state index contributed by atoms with van der Waals surface area (Å²) in [6, 6.07) is 20.1. The highest BCUT2D eigenvalue weighted by Crippen LogP contribution is 2.38. The highest BCUT2D eigenvalue weighted by molar-refractivity contribution is 6.30. The topological polar surface area (TPSA) is 74.7 Å². The van der Waals surface area contributed by atoms with Crippen molar-refractivity contribution < 1.29 is 14.6 Å². The number of likely N-dealkylation sites (tertiary alicyclic amines) is 1. The van der Waals surface area contributed by atoms with Gasteiger partial charge in [-0.25, -0.2) is 4.79 Å². The predicted octanol–water partition coefficient (Wildman–Crippen LogP) is 6.22. The normalized spacial score (nSPS) is 16.2. The fraction of sp³-hybridized carbons (Fsp3) is 0.375. The number of rotatable bonds is 4. The van der Waals surface area contributed by atoms with Crippen LogP contribution in [-0.2, 0) is 17.6 Å². The van der Waals surface area contributed by atoms with E-state index < -0.39 is 6.10 Å². The van der Waals surface area contributed by atoms with E-state index >= 15 is 0 Å². The lowest BCUT2D eigenvalue weighted by molar-refractivity contribution is 0.104. The lowest BCUT2D eigenvalue weighted by atomic mass is 9.88. The molecule has 1 saturated heterocycles. The van der Waals surface area contributed by atoms with E-state index in [9.17, 15) is 9.90 Å². The average molecular weight is 548 g/mol. The Hall–Kier alpha value is -3.19. The van der Waals surface area contributed by atoms with E-state index in [-0.39, 0.29) is 12.1 Å². The number of likely N-dealkylation sites (N-methyl/N-ethyl adjacent to an activating group) is 1. The molecule has 2 heterocycles. The highest BCUT2D eigenvalue weighted by Gasteiger charge is 2.26. The molecule has 1 aliphatic carbocycles. The number of amides is 1. The van der Waals surface area contributed by atoms with Crippen molar-refractivity contribution in [3.63, 3.8) is 0 Å². The largest absolute Gasteiger partial charge is 0.450 e. The van der Waals surface area contributed by atoms with Crippen LogP contribution < -0.4 is 5.32 Å². The van der Waals surface area contributed by atoms with Crippen molar-refractivity contribution in [2.75, 3.05) is 26.7 Å². The molecule has 7 heteroatoms. The molecule has 0 spiro atoms. The predicted molar refractivity (Wildman–Crippen MR) is 157 cm³/mol. The monoisotopic (exact) mass is 547 g/mol. The number of benzene rings is 2. The zero-order chi connectivity index (χ0) is 27.8. The average Bonchev–Trinajstić information content (AvgIpc) is 3.14. The SMILES string of the molecule is CCOC(=O)N1CCC(=C2c3ccc(Cl)cc3CCc3cccnc32)CC1.CNC(C)C(O)c1ccccc1. The molecule has 2 N–H and O–H groups in total. The number of piperidine rings is 1. The molecule has 39 heavy (non-hydrogen) atoms. The van der Waals surface area contributed by atoms with Gasteiger partial charge in [0.2, 0.25) is 0 Å². The summed E-state index contributed by atoms with van der Waals surface area (Å²) in [5.74, 6) is 0. The minimum Gasteiger partial charge on any atom is -0.450 e. The van der Waals surface area contributed by atoms with Gasteiger partial charge in [0.05, 0.1) is 18.4 Å². The number of pyridine rings is 1. The molecule has 3 aromatic rings.